The molecule has 1 aliphatic heterocycles. The van der Waals surface area contributed by atoms with Crippen molar-refractivity contribution in [2.75, 3.05) is 18.0 Å². The van der Waals surface area contributed by atoms with Crippen molar-refractivity contribution in [2.45, 2.75) is 48.0 Å². The predicted molar refractivity (Wildman–Crippen MR) is 112 cm³/mol. The van der Waals surface area contributed by atoms with Gasteiger partial charge in [-0.3, -0.25) is 9.79 Å². The van der Waals surface area contributed by atoms with Crippen LogP contribution >= 0.6 is 0 Å². The van der Waals surface area contributed by atoms with Gasteiger partial charge in [0.05, 0.1) is 16.8 Å². The molecule has 2 aliphatic rings. The van der Waals surface area contributed by atoms with Crippen LogP contribution in [0, 0.1) is 6.92 Å². The zero-order chi connectivity index (χ0) is 19.9. The second kappa shape index (κ2) is 7.18. The van der Waals surface area contributed by atoms with Crippen LogP contribution in [0.1, 0.15) is 52.2 Å². The summed E-state index contributed by atoms with van der Waals surface area (Å²) in [7, 11) is 0. The molecular weight excluding hydrogens is 336 g/mol. The fourth-order valence-corrected chi connectivity index (χ4v) is 4.08. The third-order valence-corrected chi connectivity index (χ3v) is 5.65. The number of rotatable bonds is 5. The van der Waals surface area contributed by atoms with Gasteiger partial charge >= 0.3 is 0 Å². The molecule has 1 heterocycles. The van der Waals surface area contributed by atoms with Crippen molar-refractivity contribution in [1.82, 2.24) is 0 Å². The molecule has 4 heteroatoms. The number of aryl methyl sites for hydroxylation is 1. The summed E-state index contributed by atoms with van der Waals surface area (Å²) in [5.41, 5.74) is 7.42. The van der Waals surface area contributed by atoms with Gasteiger partial charge in [0, 0.05) is 24.5 Å². The summed E-state index contributed by atoms with van der Waals surface area (Å²) in [6.07, 6.45) is 0.870. The number of Topliss-reactive ketones (excluding diaryl/α,β-unsaturated/α-hetero) is 1. The summed E-state index contributed by atoms with van der Waals surface area (Å²) in [6.45, 7) is 14.1. The fourth-order valence-electron chi connectivity index (χ4n) is 4.08. The van der Waals surface area contributed by atoms with Gasteiger partial charge in [-0.25, -0.2) is 0 Å². The Labute approximate surface area is 161 Å². The smallest absolute Gasteiger partial charge is 0.203 e. The first kappa shape index (κ1) is 19.2. The van der Waals surface area contributed by atoms with E-state index in [1.54, 1.807) is 0 Å². The van der Waals surface area contributed by atoms with E-state index in [0.717, 1.165) is 53.2 Å². The lowest BCUT2D eigenvalue weighted by Crippen LogP contribution is -2.24. The quantitative estimate of drug-likeness (QED) is 0.735. The van der Waals surface area contributed by atoms with E-state index < -0.39 is 0 Å². The van der Waals surface area contributed by atoms with E-state index in [0.29, 0.717) is 16.8 Å². The number of aliphatic imine (C=N–C) groups is 1. The van der Waals surface area contributed by atoms with Crippen LogP contribution in [0.4, 0.5) is 5.69 Å². The van der Waals surface area contributed by atoms with Crippen LogP contribution in [0.15, 0.2) is 51.4 Å². The van der Waals surface area contributed by atoms with Gasteiger partial charge in [-0.1, -0.05) is 13.0 Å². The molecule has 0 bridgehead atoms. The van der Waals surface area contributed by atoms with Crippen molar-refractivity contribution in [3.63, 3.8) is 0 Å². The maximum Gasteiger partial charge on any atom is 0.203 e. The Morgan fingerprint density at radius 2 is 1.70 bits per heavy atom. The SMILES string of the molecule is CCC1=C(C)/C(=C2\C(=O)C(c3ccc(N(CC)CC)cc3C)=C2O)N=C1C. The summed E-state index contributed by atoms with van der Waals surface area (Å²) in [4.78, 5) is 19.7. The number of carbonyl (C=O) groups excluding carboxylic acids is 1. The number of benzene rings is 1. The minimum atomic E-state index is -0.116. The molecule has 3 rings (SSSR count). The lowest BCUT2D eigenvalue weighted by Gasteiger charge is -2.26. The lowest BCUT2D eigenvalue weighted by atomic mass is 9.80. The van der Waals surface area contributed by atoms with Gasteiger partial charge in [0.25, 0.3) is 0 Å². The van der Waals surface area contributed by atoms with E-state index in [4.69, 9.17) is 0 Å². The average molecular weight is 364 g/mol. The molecule has 1 aromatic carbocycles. The summed E-state index contributed by atoms with van der Waals surface area (Å²) in [5, 5.41) is 10.7. The van der Waals surface area contributed by atoms with Crippen LogP contribution in [-0.4, -0.2) is 29.7 Å². The standard InChI is InChI=1S/C23H28N2O2/c1-7-17-14(5)21(24-15(17)6)20-22(26)19(23(20)27)18-11-10-16(12-13(18)4)25(8-2)9-3/h10-12,26H,7-9H2,1-6H3/b21-20+. The molecule has 0 aromatic heterocycles. The first-order valence-corrected chi connectivity index (χ1v) is 9.69. The third kappa shape index (κ3) is 2.93. The van der Waals surface area contributed by atoms with E-state index in [9.17, 15) is 9.90 Å². The first-order valence-electron chi connectivity index (χ1n) is 9.69. The minimum Gasteiger partial charge on any atom is -0.506 e. The summed E-state index contributed by atoms with van der Waals surface area (Å²) in [6, 6.07) is 6.04. The topological polar surface area (TPSA) is 52.9 Å². The number of aliphatic hydroxyl groups excluding tert-OH is 1. The molecule has 0 atom stereocenters. The van der Waals surface area contributed by atoms with Crippen LogP contribution in [0.25, 0.3) is 5.57 Å². The molecule has 0 unspecified atom stereocenters. The van der Waals surface area contributed by atoms with Crippen LogP contribution in [0.5, 0.6) is 0 Å². The molecular formula is C23H28N2O2. The number of ketones is 1. The van der Waals surface area contributed by atoms with Crippen LogP contribution in [-0.2, 0) is 4.79 Å². The van der Waals surface area contributed by atoms with Gasteiger partial charge in [0.1, 0.15) is 5.76 Å². The molecule has 0 radical (unpaired) electrons. The molecule has 0 fully saturated rings. The van der Waals surface area contributed by atoms with Gasteiger partial charge in [-0.05, 0) is 75.4 Å². The lowest BCUT2D eigenvalue weighted by molar-refractivity contribution is -0.111. The summed E-state index contributed by atoms with van der Waals surface area (Å²) in [5.74, 6) is -0.0450. The number of allylic oxidation sites excluding steroid dienone is 4. The third-order valence-electron chi connectivity index (χ3n) is 5.65. The zero-order valence-electron chi connectivity index (χ0n) is 17.1. The monoisotopic (exact) mass is 364 g/mol. The molecule has 1 aliphatic carbocycles. The molecule has 1 N–H and O–H groups in total. The zero-order valence-corrected chi connectivity index (χ0v) is 17.1. The minimum absolute atomic E-state index is 0.0712. The highest BCUT2D eigenvalue weighted by Gasteiger charge is 2.39. The van der Waals surface area contributed by atoms with E-state index in [2.05, 4.69) is 36.7 Å². The second-order valence-corrected chi connectivity index (χ2v) is 7.10. The van der Waals surface area contributed by atoms with Crippen molar-refractivity contribution < 1.29 is 9.90 Å². The molecule has 0 amide bonds. The van der Waals surface area contributed by atoms with Crippen molar-refractivity contribution >= 4 is 22.8 Å². The predicted octanol–water partition coefficient (Wildman–Crippen LogP) is 5.15. The Hall–Kier alpha value is -2.62. The number of carbonyl (C=O) groups is 1. The van der Waals surface area contributed by atoms with E-state index >= 15 is 0 Å². The highest BCUT2D eigenvalue weighted by molar-refractivity contribution is 6.39. The summed E-state index contributed by atoms with van der Waals surface area (Å²) >= 11 is 0. The molecule has 0 spiro atoms. The molecule has 1 aromatic rings. The van der Waals surface area contributed by atoms with E-state index in [-0.39, 0.29) is 11.5 Å². The Bertz CT molecular complexity index is 941. The molecule has 142 valence electrons. The largest absolute Gasteiger partial charge is 0.506 e. The van der Waals surface area contributed by atoms with Crippen molar-refractivity contribution in [1.29, 1.82) is 0 Å². The molecule has 27 heavy (non-hydrogen) atoms. The molecule has 0 saturated carbocycles. The van der Waals surface area contributed by atoms with Gasteiger partial charge in [0.2, 0.25) is 5.78 Å². The average Bonchev–Trinajstić information content (AvgIpc) is 2.91. The van der Waals surface area contributed by atoms with Crippen LogP contribution < -0.4 is 4.90 Å². The van der Waals surface area contributed by atoms with Crippen molar-refractivity contribution in [3.8, 4) is 0 Å². The van der Waals surface area contributed by atoms with E-state index in [1.165, 1.54) is 0 Å². The number of anilines is 1. The fraction of sp³-hybridized carbons (Fsp3) is 0.391. The Kier molecular flexibility index (Phi) is 5.09. The van der Waals surface area contributed by atoms with Gasteiger partial charge in [0.15, 0.2) is 0 Å². The Morgan fingerprint density at radius 3 is 2.19 bits per heavy atom. The Morgan fingerprint density at radius 1 is 1.04 bits per heavy atom. The van der Waals surface area contributed by atoms with E-state index in [1.807, 2.05) is 32.9 Å². The molecule has 0 saturated heterocycles. The number of hydrogen-bond donors (Lipinski definition) is 1. The number of nitrogens with zero attached hydrogens (tertiary/aromatic N) is 2. The first-order chi connectivity index (χ1) is 12.8. The van der Waals surface area contributed by atoms with Crippen LogP contribution in [0.3, 0.4) is 0 Å². The van der Waals surface area contributed by atoms with Crippen molar-refractivity contribution in [2.24, 2.45) is 4.99 Å². The number of aliphatic hydroxyl groups is 1. The highest BCUT2D eigenvalue weighted by atomic mass is 16.3. The van der Waals surface area contributed by atoms with Crippen LogP contribution in [0.2, 0.25) is 0 Å². The Balaban J connectivity index is 2.05. The van der Waals surface area contributed by atoms with Gasteiger partial charge in [-0.2, -0.15) is 0 Å². The second-order valence-electron chi connectivity index (χ2n) is 7.10. The van der Waals surface area contributed by atoms with Gasteiger partial charge < -0.3 is 10.0 Å². The summed E-state index contributed by atoms with van der Waals surface area (Å²) < 4.78 is 0. The number of hydrogen-bond acceptors (Lipinski definition) is 4. The van der Waals surface area contributed by atoms with Gasteiger partial charge in [-0.15, -0.1) is 0 Å². The highest BCUT2D eigenvalue weighted by Crippen LogP contribution is 2.43. The normalized spacial score (nSPS) is 19.6. The van der Waals surface area contributed by atoms with Crippen molar-refractivity contribution in [3.05, 3.63) is 57.5 Å². The molecule has 4 nitrogen and oxygen atoms in total. The maximum absolute atomic E-state index is 12.9. The maximum atomic E-state index is 12.9.